The number of carbonyl (C=O) groups excluding carboxylic acids is 1. The normalized spacial score (nSPS) is 11.9. The molecule has 0 saturated heterocycles. The summed E-state index contributed by atoms with van der Waals surface area (Å²) in [7, 11) is 0. The predicted molar refractivity (Wildman–Crippen MR) is 84.7 cm³/mol. The first-order chi connectivity index (χ1) is 10.7. The summed E-state index contributed by atoms with van der Waals surface area (Å²) in [4.78, 5) is 11.6. The third kappa shape index (κ3) is 4.89. The third-order valence-corrected chi connectivity index (χ3v) is 3.28. The van der Waals surface area contributed by atoms with E-state index in [1.54, 1.807) is 10.9 Å². The summed E-state index contributed by atoms with van der Waals surface area (Å²) in [5, 5.41) is 19.1. The Morgan fingerprint density at radius 1 is 1.32 bits per heavy atom. The van der Waals surface area contributed by atoms with Gasteiger partial charge in [0.15, 0.2) is 0 Å². The highest BCUT2D eigenvalue weighted by atomic mass is 16.3. The van der Waals surface area contributed by atoms with Crippen molar-refractivity contribution in [3.05, 3.63) is 48.3 Å². The molecule has 6 nitrogen and oxygen atoms in total. The van der Waals surface area contributed by atoms with Gasteiger partial charge < -0.3 is 15.7 Å². The fraction of sp³-hybridized carbons (Fsp3) is 0.375. The Balaban J connectivity index is 1.76. The second-order valence-electron chi connectivity index (χ2n) is 5.12. The second-order valence-corrected chi connectivity index (χ2v) is 5.12. The fourth-order valence-corrected chi connectivity index (χ4v) is 2.08. The van der Waals surface area contributed by atoms with Crippen molar-refractivity contribution in [3.63, 3.8) is 0 Å². The molecule has 1 unspecified atom stereocenters. The number of rotatable bonds is 7. The summed E-state index contributed by atoms with van der Waals surface area (Å²) in [5.41, 5.74) is 1.97. The van der Waals surface area contributed by atoms with Gasteiger partial charge in [0.05, 0.1) is 11.8 Å². The molecule has 0 radical (unpaired) electrons. The predicted octanol–water partition coefficient (Wildman–Crippen LogP) is 1.83. The molecule has 0 aliphatic heterocycles. The van der Waals surface area contributed by atoms with E-state index < -0.39 is 6.10 Å². The standard InChI is InChI=1S/C16H22N4O2/c1-2-4-15(21)12-18-16(22)17-11-13-5-7-14(8-6-13)20-10-3-9-19-20/h3,5-10,15,21H,2,4,11-12H2,1H3,(H2,17,18,22). The van der Waals surface area contributed by atoms with Crippen LogP contribution in [0.2, 0.25) is 0 Å². The number of amides is 2. The van der Waals surface area contributed by atoms with Gasteiger partial charge in [0.1, 0.15) is 0 Å². The Bertz CT molecular complexity index is 566. The lowest BCUT2D eigenvalue weighted by Crippen LogP contribution is -2.39. The first-order valence-corrected chi connectivity index (χ1v) is 7.47. The molecule has 2 rings (SSSR count). The first kappa shape index (κ1) is 16.0. The molecular formula is C16H22N4O2. The van der Waals surface area contributed by atoms with E-state index in [2.05, 4.69) is 15.7 Å². The van der Waals surface area contributed by atoms with Crippen LogP contribution in [0.1, 0.15) is 25.3 Å². The van der Waals surface area contributed by atoms with Gasteiger partial charge in [-0.3, -0.25) is 0 Å². The van der Waals surface area contributed by atoms with Crippen LogP contribution in [0.15, 0.2) is 42.7 Å². The topological polar surface area (TPSA) is 79.2 Å². The van der Waals surface area contributed by atoms with E-state index in [1.165, 1.54) is 0 Å². The Labute approximate surface area is 130 Å². The molecule has 0 spiro atoms. The van der Waals surface area contributed by atoms with Gasteiger partial charge in [0.25, 0.3) is 0 Å². The molecule has 2 amide bonds. The summed E-state index contributed by atoms with van der Waals surface area (Å²) in [6, 6.07) is 9.39. The van der Waals surface area contributed by atoms with Crippen LogP contribution in [0.3, 0.4) is 0 Å². The highest BCUT2D eigenvalue weighted by molar-refractivity contribution is 5.73. The van der Waals surface area contributed by atoms with E-state index in [1.807, 2.05) is 43.5 Å². The Kier molecular flexibility index (Phi) is 5.97. The van der Waals surface area contributed by atoms with Crippen molar-refractivity contribution in [1.29, 1.82) is 0 Å². The number of carbonyl (C=O) groups is 1. The molecule has 3 N–H and O–H groups in total. The zero-order valence-electron chi connectivity index (χ0n) is 12.7. The maximum absolute atomic E-state index is 11.6. The van der Waals surface area contributed by atoms with Gasteiger partial charge in [-0.2, -0.15) is 5.10 Å². The zero-order valence-corrected chi connectivity index (χ0v) is 12.7. The molecule has 118 valence electrons. The highest BCUT2D eigenvalue weighted by Gasteiger charge is 2.05. The third-order valence-electron chi connectivity index (χ3n) is 3.28. The zero-order chi connectivity index (χ0) is 15.8. The van der Waals surface area contributed by atoms with Crippen molar-refractivity contribution in [3.8, 4) is 5.69 Å². The molecule has 2 aromatic rings. The van der Waals surface area contributed by atoms with Gasteiger partial charge in [-0.15, -0.1) is 0 Å². The van der Waals surface area contributed by atoms with Crippen LogP contribution in [0.4, 0.5) is 4.79 Å². The van der Waals surface area contributed by atoms with Gasteiger partial charge >= 0.3 is 6.03 Å². The first-order valence-electron chi connectivity index (χ1n) is 7.47. The number of urea groups is 1. The van der Waals surface area contributed by atoms with Crippen molar-refractivity contribution >= 4 is 6.03 Å². The molecule has 0 aliphatic carbocycles. The Morgan fingerprint density at radius 2 is 2.09 bits per heavy atom. The molecule has 0 saturated carbocycles. The van der Waals surface area contributed by atoms with Crippen LogP contribution in [-0.4, -0.2) is 33.6 Å². The van der Waals surface area contributed by atoms with Crippen molar-refractivity contribution < 1.29 is 9.90 Å². The number of nitrogens with one attached hydrogen (secondary N) is 2. The minimum Gasteiger partial charge on any atom is -0.391 e. The van der Waals surface area contributed by atoms with Crippen molar-refractivity contribution in [2.45, 2.75) is 32.4 Å². The van der Waals surface area contributed by atoms with Crippen LogP contribution in [0, 0.1) is 0 Å². The number of aromatic nitrogens is 2. The van der Waals surface area contributed by atoms with Gasteiger partial charge in [-0.1, -0.05) is 25.5 Å². The average Bonchev–Trinajstić information content (AvgIpc) is 3.06. The largest absolute Gasteiger partial charge is 0.391 e. The van der Waals surface area contributed by atoms with Crippen LogP contribution in [0.25, 0.3) is 5.69 Å². The lowest BCUT2D eigenvalue weighted by atomic mass is 10.2. The van der Waals surface area contributed by atoms with Crippen molar-refractivity contribution in [2.24, 2.45) is 0 Å². The minimum absolute atomic E-state index is 0.272. The summed E-state index contributed by atoms with van der Waals surface area (Å²) >= 11 is 0. The average molecular weight is 302 g/mol. The summed E-state index contributed by atoms with van der Waals surface area (Å²) in [6.45, 7) is 2.71. The molecule has 22 heavy (non-hydrogen) atoms. The molecule has 6 heteroatoms. The SMILES string of the molecule is CCCC(O)CNC(=O)NCc1ccc(-n2cccn2)cc1. The molecule has 1 atom stereocenters. The highest BCUT2D eigenvalue weighted by Crippen LogP contribution is 2.08. The monoisotopic (exact) mass is 302 g/mol. The Morgan fingerprint density at radius 3 is 2.73 bits per heavy atom. The number of aliphatic hydroxyl groups excluding tert-OH is 1. The lowest BCUT2D eigenvalue weighted by molar-refractivity contribution is 0.160. The van der Waals surface area contributed by atoms with Crippen LogP contribution < -0.4 is 10.6 Å². The lowest BCUT2D eigenvalue weighted by Gasteiger charge is -2.12. The van der Waals surface area contributed by atoms with Crippen LogP contribution in [-0.2, 0) is 6.54 Å². The molecular weight excluding hydrogens is 280 g/mol. The number of benzene rings is 1. The molecule has 0 aliphatic rings. The van der Waals surface area contributed by atoms with E-state index in [9.17, 15) is 9.90 Å². The van der Waals surface area contributed by atoms with Crippen LogP contribution >= 0.6 is 0 Å². The van der Waals surface area contributed by atoms with E-state index in [0.29, 0.717) is 13.0 Å². The maximum atomic E-state index is 11.6. The van der Waals surface area contributed by atoms with E-state index in [4.69, 9.17) is 0 Å². The smallest absolute Gasteiger partial charge is 0.315 e. The molecule has 1 aromatic carbocycles. The van der Waals surface area contributed by atoms with E-state index >= 15 is 0 Å². The van der Waals surface area contributed by atoms with Gasteiger partial charge in [-0.25, -0.2) is 9.48 Å². The summed E-state index contributed by atoms with van der Waals surface area (Å²) < 4.78 is 1.78. The van der Waals surface area contributed by atoms with Crippen molar-refractivity contribution in [2.75, 3.05) is 6.54 Å². The number of hydrogen-bond donors (Lipinski definition) is 3. The fourth-order valence-electron chi connectivity index (χ4n) is 2.08. The quantitative estimate of drug-likeness (QED) is 0.730. The Hall–Kier alpha value is -2.34. The molecule has 1 aromatic heterocycles. The molecule has 0 fully saturated rings. The summed E-state index contributed by atoms with van der Waals surface area (Å²) in [6.07, 6.45) is 4.71. The van der Waals surface area contributed by atoms with Gasteiger partial charge in [-0.05, 0) is 30.2 Å². The molecule has 1 heterocycles. The van der Waals surface area contributed by atoms with Gasteiger partial charge in [0, 0.05) is 25.5 Å². The van der Waals surface area contributed by atoms with Crippen LogP contribution in [0.5, 0.6) is 0 Å². The summed E-state index contributed by atoms with van der Waals surface area (Å²) in [5.74, 6) is 0. The second kappa shape index (κ2) is 8.19. The minimum atomic E-state index is -0.482. The van der Waals surface area contributed by atoms with Crippen molar-refractivity contribution in [1.82, 2.24) is 20.4 Å². The van der Waals surface area contributed by atoms with E-state index in [0.717, 1.165) is 17.7 Å². The molecule has 0 bridgehead atoms. The van der Waals surface area contributed by atoms with Gasteiger partial charge in [0.2, 0.25) is 0 Å². The number of hydrogen-bond acceptors (Lipinski definition) is 3. The maximum Gasteiger partial charge on any atom is 0.315 e. The van der Waals surface area contributed by atoms with E-state index in [-0.39, 0.29) is 12.6 Å². The number of aliphatic hydroxyl groups is 1. The number of nitrogens with zero attached hydrogens (tertiary/aromatic N) is 2.